The SMILES string of the molecule is CC(C)c1ccc(S(=O)(=O)C(CNC(=O)C2CCC2)c2cccnc2)cc1. The first-order valence-corrected chi connectivity index (χ1v) is 11.0. The molecule has 0 aliphatic heterocycles. The highest BCUT2D eigenvalue weighted by Gasteiger charge is 2.32. The van der Waals surface area contributed by atoms with Crippen LogP contribution in [0.3, 0.4) is 0 Å². The minimum Gasteiger partial charge on any atom is -0.354 e. The van der Waals surface area contributed by atoms with Crippen LogP contribution in [-0.4, -0.2) is 25.9 Å². The number of nitrogens with zero attached hydrogens (tertiary/aromatic N) is 1. The zero-order valence-electron chi connectivity index (χ0n) is 15.8. The highest BCUT2D eigenvalue weighted by atomic mass is 32.2. The molecule has 1 heterocycles. The van der Waals surface area contributed by atoms with Crippen molar-refractivity contribution < 1.29 is 13.2 Å². The average Bonchev–Trinajstić information content (AvgIpc) is 2.61. The highest BCUT2D eigenvalue weighted by molar-refractivity contribution is 7.91. The number of carbonyl (C=O) groups is 1. The van der Waals surface area contributed by atoms with Crippen LogP contribution in [0.5, 0.6) is 0 Å². The summed E-state index contributed by atoms with van der Waals surface area (Å²) in [5, 5.41) is 1.98. The lowest BCUT2D eigenvalue weighted by Gasteiger charge is -2.26. The van der Waals surface area contributed by atoms with Crippen LogP contribution in [-0.2, 0) is 14.6 Å². The first-order valence-electron chi connectivity index (χ1n) is 9.41. The van der Waals surface area contributed by atoms with E-state index in [4.69, 9.17) is 0 Å². The number of sulfone groups is 1. The summed E-state index contributed by atoms with van der Waals surface area (Å²) < 4.78 is 26.6. The molecule has 2 aromatic rings. The number of benzene rings is 1. The van der Waals surface area contributed by atoms with Crippen molar-refractivity contribution in [3.05, 3.63) is 59.9 Å². The highest BCUT2D eigenvalue weighted by Crippen LogP contribution is 2.30. The molecular formula is C21H26N2O3S. The zero-order chi connectivity index (χ0) is 19.4. The molecular weight excluding hydrogens is 360 g/mol. The first kappa shape index (κ1) is 19.5. The van der Waals surface area contributed by atoms with Crippen molar-refractivity contribution in [2.24, 2.45) is 5.92 Å². The van der Waals surface area contributed by atoms with Crippen molar-refractivity contribution in [1.82, 2.24) is 10.3 Å². The maximum atomic E-state index is 13.3. The summed E-state index contributed by atoms with van der Waals surface area (Å²) in [6.07, 6.45) is 5.99. The van der Waals surface area contributed by atoms with Gasteiger partial charge in [-0.05, 0) is 48.1 Å². The Bertz CT molecular complexity index is 873. The third-order valence-electron chi connectivity index (χ3n) is 5.24. The molecule has 1 atom stereocenters. The van der Waals surface area contributed by atoms with E-state index in [1.165, 1.54) is 0 Å². The molecule has 1 aromatic heterocycles. The molecule has 1 N–H and O–H groups in total. The van der Waals surface area contributed by atoms with E-state index in [0.29, 0.717) is 11.5 Å². The van der Waals surface area contributed by atoms with Crippen LogP contribution in [0.15, 0.2) is 53.7 Å². The number of aromatic nitrogens is 1. The van der Waals surface area contributed by atoms with Gasteiger partial charge in [0.1, 0.15) is 5.25 Å². The van der Waals surface area contributed by atoms with E-state index >= 15 is 0 Å². The van der Waals surface area contributed by atoms with Crippen molar-refractivity contribution in [2.75, 3.05) is 6.54 Å². The number of carbonyl (C=O) groups excluding carboxylic acids is 1. The summed E-state index contributed by atoms with van der Waals surface area (Å²) in [5.74, 6) is 0.297. The summed E-state index contributed by atoms with van der Waals surface area (Å²) in [6.45, 7) is 4.19. The van der Waals surface area contributed by atoms with Gasteiger partial charge in [0, 0.05) is 24.9 Å². The van der Waals surface area contributed by atoms with Gasteiger partial charge in [-0.2, -0.15) is 0 Å². The van der Waals surface area contributed by atoms with Crippen LogP contribution in [0.1, 0.15) is 55.4 Å². The van der Waals surface area contributed by atoms with E-state index in [9.17, 15) is 13.2 Å². The smallest absolute Gasteiger partial charge is 0.223 e. The molecule has 1 unspecified atom stereocenters. The summed E-state index contributed by atoms with van der Waals surface area (Å²) in [6, 6.07) is 10.5. The third kappa shape index (κ3) is 4.38. The Balaban J connectivity index is 1.87. The van der Waals surface area contributed by atoms with Gasteiger partial charge in [-0.1, -0.05) is 38.5 Å². The molecule has 1 amide bonds. The number of amides is 1. The first-order chi connectivity index (χ1) is 12.9. The molecule has 0 spiro atoms. The standard InChI is InChI=1S/C21H26N2O3S/c1-15(2)16-8-10-19(11-9-16)27(25,26)20(18-7-4-12-22-13-18)14-23-21(24)17-5-3-6-17/h4,7-13,15,17,20H,3,5-6,14H2,1-2H3,(H,23,24). The number of pyridine rings is 1. The molecule has 1 aliphatic carbocycles. The zero-order valence-corrected chi connectivity index (χ0v) is 16.6. The number of hydrogen-bond donors (Lipinski definition) is 1. The molecule has 5 nitrogen and oxygen atoms in total. The largest absolute Gasteiger partial charge is 0.354 e. The van der Waals surface area contributed by atoms with Gasteiger partial charge in [-0.15, -0.1) is 0 Å². The van der Waals surface area contributed by atoms with Crippen LogP contribution >= 0.6 is 0 Å². The minimum atomic E-state index is -3.66. The maximum Gasteiger partial charge on any atom is 0.223 e. The number of nitrogens with one attached hydrogen (secondary N) is 1. The van der Waals surface area contributed by atoms with Gasteiger partial charge < -0.3 is 5.32 Å². The van der Waals surface area contributed by atoms with Crippen molar-refractivity contribution >= 4 is 15.7 Å². The van der Waals surface area contributed by atoms with E-state index in [2.05, 4.69) is 24.1 Å². The van der Waals surface area contributed by atoms with E-state index < -0.39 is 15.1 Å². The maximum absolute atomic E-state index is 13.3. The fourth-order valence-corrected chi connectivity index (χ4v) is 4.83. The van der Waals surface area contributed by atoms with Crippen molar-refractivity contribution in [3.8, 4) is 0 Å². The van der Waals surface area contributed by atoms with Gasteiger partial charge in [-0.3, -0.25) is 9.78 Å². The Morgan fingerprint density at radius 1 is 1.15 bits per heavy atom. The average molecular weight is 387 g/mol. The quantitative estimate of drug-likeness (QED) is 0.788. The summed E-state index contributed by atoms with van der Waals surface area (Å²) >= 11 is 0. The minimum absolute atomic E-state index is 0.0209. The normalized spacial score (nSPS) is 16.0. The molecule has 1 aliphatic rings. The molecule has 0 bridgehead atoms. The van der Waals surface area contributed by atoms with Crippen LogP contribution in [0.25, 0.3) is 0 Å². The van der Waals surface area contributed by atoms with Gasteiger partial charge in [0.2, 0.25) is 5.91 Å². The van der Waals surface area contributed by atoms with Gasteiger partial charge in [0.15, 0.2) is 9.84 Å². The fraction of sp³-hybridized carbons (Fsp3) is 0.429. The Morgan fingerprint density at radius 3 is 2.37 bits per heavy atom. The molecule has 6 heteroatoms. The van der Waals surface area contributed by atoms with Crippen LogP contribution < -0.4 is 5.32 Å². The van der Waals surface area contributed by atoms with E-state index in [1.807, 2.05) is 12.1 Å². The van der Waals surface area contributed by atoms with E-state index in [-0.39, 0.29) is 23.3 Å². The molecule has 1 fully saturated rings. The van der Waals surface area contributed by atoms with Gasteiger partial charge >= 0.3 is 0 Å². The van der Waals surface area contributed by atoms with Crippen molar-refractivity contribution in [2.45, 2.75) is 49.2 Å². The molecule has 1 saturated carbocycles. The van der Waals surface area contributed by atoms with Gasteiger partial charge in [0.05, 0.1) is 4.90 Å². The molecule has 3 rings (SSSR count). The van der Waals surface area contributed by atoms with Gasteiger partial charge in [-0.25, -0.2) is 8.42 Å². The second-order valence-electron chi connectivity index (χ2n) is 7.42. The molecule has 0 radical (unpaired) electrons. The predicted molar refractivity (Wildman–Crippen MR) is 105 cm³/mol. The Kier molecular flexibility index (Phi) is 5.95. The summed E-state index contributed by atoms with van der Waals surface area (Å²) in [5.41, 5.74) is 1.67. The van der Waals surface area contributed by atoms with Crippen molar-refractivity contribution in [1.29, 1.82) is 0 Å². The third-order valence-corrected chi connectivity index (χ3v) is 7.36. The lowest BCUT2D eigenvalue weighted by atomic mass is 9.85. The summed E-state index contributed by atoms with van der Waals surface area (Å²) in [7, 11) is -3.66. The monoisotopic (exact) mass is 386 g/mol. The lowest BCUT2D eigenvalue weighted by Crippen LogP contribution is -2.38. The second-order valence-corrected chi connectivity index (χ2v) is 9.55. The number of hydrogen-bond acceptors (Lipinski definition) is 4. The Labute approximate surface area is 161 Å². The molecule has 27 heavy (non-hydrogen) atoms. The summed E-state index contributed by atoms with van der Waals surface area (Å²) in [4.78, 5) is 16.5. The topological polar surface area (TPSA) is 76.1 Å². The second kappa shape index (κ2) is 8.21. The fourth-order valence-electron chi connectivity index (χ4n) is 3.19. The molecule has 144 valence electrons. The van der Waals surface area contributed by atoms with E-state index in [0.717, 1.165) is 24.8 Å². The molecule has 0 saturated heterocycles. The van der Waals surface area contributed by atoms with Crippen LogP contribution in [0.2, 0.25) is 0 Å². The van der Waals surface area contributed by atoms with Gasteiger partial charge in [0.25, 0.3) is 0 Å². The van der Waals surface area contributed by atoms with Crippen molar-refractivity contribution in [3.63, 3.8) is 0 Å². The number of rotatable bonds is 7. The Morgan fingerprint density at radius 2 is 1.85 bits per heavy atom. The van der Waals surface area contributed by atoms with Crippen LogP contribution in [0.4, 0.5) is 0 Å². The lowest BCUT2D eigenvalue weighted by molar-refractivity contribution is -0.127. The van der Waals surface area contributed by atoms with Crippen LogP contribution in [0, 0.1) is 5.92 Å². The Hall–Kier alpha value is -2.21. The predicted octanol–water partition coefficient (Wildman–Crippen LogP) is 3.64. The van der Waals surface area contributed by atoms with E-state index in [1.54, 1.807) is 36.7 Å². The molecule has 1 aromatic carbocycles.